The maximum atomic E-state index is 12.8. The Morgan fingerprint density at radius 1 is 0.967 bits per heavy atom. The summed E-state index contributed by atoms with van der Waals surface area (Å²) in [4.78, 5) is 33.2. The van der Waals surface area contributed by atoms with Crippen LogP contribution in [0.15, 0.2) is 42.7 Å². The first-order chi connectivity index (χ1) is 14.6. The van der Waals surface area contributed by atoms with Crippen LogP contribution in [-0.2, 0) is 11.2 Å². The van der Waals surface area contributed by atoms with Crippen molar-refractivity contribution in [2.24, 2.45) is 5.92 Å². The number of amides is 2. The molecule has 2 aliphatic rings. The van der Waals surface area contributed by atoms with Crippen LogP contribution in [0.1, 0.15) is 44.7 Å². The molecule has 0 N–H and O–H groups in total. The SMILES string of the molecule is Cc1ccncc1C(=O)N1CCC(Cc2ccc(C(=O)N3CCOCC3)cc2)CC1. The Hall–Kier alpha value is -2.73. The highest BCUT2D eigenvalue weighted by atomic mass is 16.5. The van der Waals surface area contributed by atoms with Crippen molar-refractivity contribution in [2.45, 2.75) is 26.2 Å². The van der Waals surface area contributed by atoms with E-state index in [4.69, 9.17) is 4.74 Å². The molecule has 2 saturated heterocycles. The van der Waals surface area contributed by atoms with Gasteiger partial charge in [0, 0.05) is 44.1 Å². The van der Waals surface area contributed by atoms with Gasteiger partial charge in [-0.15, -0.1) is 0 Å². The molecular formula is C24H29N3O3. The molecule has 1 aromatic carbocycles. The average molecular weight is 408 g/mol. The second kappa shape index (κ2) is 9.39. The van der Waals surface area contributed by atoms with Crippen molar-refractivity contribution in [1.29, 1.82) is 0 Å². The molecule has 6 heteroatoms. The molecule has 0 saturated carbocycles. The molecule has 30 heavy (non-hydrogen) atoms. The summed E-state index contributed by atoms with van der Waals surface area (Å²) in [6, 6.07) is 9.91. The molecule has 0 atom stereocenters. The maximum absolute atomic E-state index is 12.8. The first-order valence-electron chi connectivity index (χ1n) is 10.8. The van der Waals surface area contributed by atoms with E-state index in [2.05, 4.69) is 17.1 Å². The van der Waals surface area contributed by atoms with Crippen molar-refractivity contribution >= 4 is 11.8 Å². The normalized spacial score (nSPS) is 17.8. The van der Waals surface area contributed by atoms with Crippen molar-refractivity contribution in [3.8, 4) is 0 Å². The van der Waals surface area contributed by atoms with Crippen LogP contribution < -0.4 is 0 Å². The summed E-state index contributed by atoms with van der Waals surface area (Å²) in [5, 5.41) is 0. The minimum Gasteiger partial charge on any atom is -0.378 e. The number of morpholine rings is 1. The molecule has 2 amide bonds. The fourth-order valence-electron chi connectivity index (χ4n) is 4.26. The van der Waals surface area contributed by atoms with E-state index in [-0.39, 0.29) is 11.8 Å². The highest BCUT2D eigenvalue weighted by molar-refractivity contribution is 5.95. The van der Waals surface area contributed by atoms with Crippen molar-refractivity contribution < 1.29 is 14.3 Å². The Morgan fingerprint density at radius 3 is 2.30 bits per heavy atom. The number of ether oxygens (including phenoxy) is 1. The van der Waals surface area contributed by atoms with E-state index in [1.807, 2.05) is 34.9 Å². The van der Waals surface area contributed by atoms with Gasteiger partial charge in [0.2, 0.25) is 0 Å². The van der Waals surface area contributed by atoms with Crippen LogP contribution in [0, 0.1) is 12.8 Å². The van der Waals surface area contributed by atoms with Crippen LogP contribution in [0.5, 0.6) is 0 Å². The number of nitrogens with zero attached hydrogens (tertiary/aromatic N) is 3. The van der Waals surface area contributed by atoms with Gasteiger partial charge in [-0.25, -0.2) is 0 Å². The van der Waals surface area contributed by atoms with E-state index in [0.717, 1.165) is 43.5 Å². The average Bonchev–Trinajstić information content (AvgIpc) is 2.80. The minimum absolute atomic E-state index is 0.0855. The fourth-order valence-corrected chi connectivity index (χ4v) is 4.26. The summed E-state index contributed by atoms with van der Waals surface area (Å²) in [7, 11) is 0. The number of carbonyl (C=O) groups excluding carboxylic acids is 2. The maximum Gasteiger partial charge on any atom is 0.255 e. The van der Waals surface area contributed by atoms with Gasteiger partial charge >= 0.3 is 0 Å². The van der Waals surface area contributed by atoms with E-state index < -0.39 is 0 Å². The van der Waals surface area contributed by atoms with Crippen LogP contribution in [0.3, 0.4) is 0 Å². The van der Waals surface area contributed by atoms with Crippen molar-refractivity contribution in [3.63, 3.8) is 0 Å². The summed E-state index contributed by atoms with van der Waals surface area (Å²) in [6.07, 6.45) is 6.38. The molecule has 6 nitrogen and oxygen atoms in total. The van der Waals surface area contributed by atoms with Crippen LogP contribution in [0.4, 0.5) is 0 Å². The number of pyridine rings is 1. The minimum atomic E-state index is 0.0855. The fraction of sp³-hybridized carbons (Fsp3) is 0.458. The molecule has 2 aliphatic heterocycles. The van der Waals surface area contributed by atoms with Gasteiger partial charge in [0.15, 0.2) is 0 Å². The molecule has 4 rings (SSSR count). The quantitative estimate of drug-likeness (QED) is 0.782. The monoisotopic (exact) mass is 407 g/mol. The molecule has 2 fully saturated rings. The highest BCUT2D eigenvalue weighted by Gasteiger charge is 2.25. The van der Waals surface area contributed by atoms with Crippen LogP contribution in [0.2, 0.25) is 0 Å². The number of hydrogen-bond acceptors (Lipinski definition) is 4. The first kappa shape index (κ1) is 20.5. The summed E-state index contributed by atoms with van der Waals surface area (Å²) in [6.45, 7) is 6.08. The number of aryl methyl sites for hydroxylation is 1. The molecule has 3 heterocycles. The number of carbonyl (C=O) groups is 2. The van der Waals surface area contributed by atoms with Crippen molar-refractivity contribution in [1.82, 2.24) is 14.8 Å². The third kappa shape index (κ3) is 4.70. The Labute approximate surface area is 177 Å². The van der Waals surface area contributed by atoms with Gasteiger partial charge in [-0.3, -0.25) is 14.6 Å². The summed E-state index contributed by atoms with van der Waals surface area (Å²) >= 11 is 0. The number of likely N-dealkylation sites (tertiary alicyclic amines) is 1. The lowest BCUT2D eigenvalue weighted by Crippen LogP contribution is -2.40. The molecule has 1 aromatic heterocycles. The van der Waals surface area contributed by atoms with E-state index in [1.54, 1.807) is 12.4 Å². The molecule has 2 aromatic rings. The first-order valence-corrected chi connectivity index (χ1v) is 10.8. The summed E-state index contributed by atoms with van der Waals surface area (Å²) < 4.78 is 5.32. The molecule has 0 spiro atoms. The standard InChI is InChI=1S/C24H29N3O3/c1-18-6-9-25-17-22(18)24(29)26-10-7-20(8-11-26)16-19-2-4-21(5-3-19)23(28)27-12-14-30-15-13-27/h2-6,9,17,20H,7-8,10-16H2,1H3. The van der Waals surface area contributed by atoms with Crippen molar-refractivity contribution in [3.05, 3.63) is 65.0 Å². The summed E-state index contributed by atoms with van der Waals surface area (Å²) in [5.74, 6) is 0.734. The van der Waals surface area contributed by atoms with Crippen LogP contribution >= 0.6 is 0 Å². The predicted octanol–water partition coefficient (Wildman–Crippen LogP) is 2.96. The lowest BCUT2D eigenvalue weighted by atomic mass is 9.89. The van der Waals surface area contributed by atoms with Crippen molar-refractivity contribution in [2.75, 3.05) is 39.4 Å². The van der Waals surface area contributed by atoms with Gasteiger partial charge < -0.3 is 14.5 Å². The van der Waals surface area contributed by atoms with Crippen LogP contribution in [0.25, 0.3) is 0 Å². The van der Waals surface area contributed by atoms with Gasteiger partial charge in [-0.2, -0.15) is 0 Å². The number of benzene rings is 1. The lowest BCUT2D eigenvalue weighted by molar-refractivity contribution is 0.0303. The van der Waals surface area contributed by atoms with Gasteiger partial charge in [-0.05, 0) is 61.4 Å². The Balaban J connectivity index is 1.29. The van der Waals surface area contributed by atoms with E-state index >= 15 is 0 Å². The van der Waals surface area contributed by atoms with Gasteiger partial charge in [0.1, 0.15) is 0 Å². The number of rotatable bonds is 4. The zero-order valence-corrected chi connectivity index (χ0v) is 17.5. The van der Waals surface area contributed by atoms with Gasteiger partial charge in [0.05, 0.1) is 18.8 Å². The lowest BCUT2D eigenvalue weighted by Gasteiger charge is -2.32. The number of hydrogen-bond donors (Lipinski definition) is 0. The highest BCUT2D eigenvalue weighted by Crippen LogP contribution is 2.24. The topological polar surface area (TPSA) is 62.7 Å². The molecule has 0 bridgehead atoms. The van der Waals surface area contributed by atoms with E-state index in [0.29, 0.717) is 37.8 Å². The molecule has 0 unspecified atom stereocenters. The third-order valence-corrected chi connectivity index (χ3v) is 6.19. The molecule has 0 aliphatic carbocycles. The Morgan fingerprint density at radius 2 is 1.63 bits per heavy atom. The predicted molar refractivity (Wildman–Crippen MR) is 114 cm³/mol. The zero-order valence-electron chi connectivity index (χ0n) is 17.5. The third-order valence-electron chi connectivity index (χ3n) is 6.19. The second-order valence-electron chi connectivity index (χ2n) is 8.23. The van der Waals surface area contributed by atoms with E-state index in [9.17, 15) is 9.59 Å². The number of aromatic nitrogens is 1. The molecule has 158 valence electrons. The van der Waals surface area contributed by atoms with Gasteiger partial charge in [-0.1, -0.05) is 12.1 Å². The van der Waals surface area contributed by atoms with E-state index in [1.165, 1.54) is 5.56 Å². The second-order valence-corrected chi connectivity index (χ2v) is 8.23. The number of piperidine rings is 1. The molecule has 0 radical (unpaired) electrons. The zero-order chi connectivity index (χ0) is 20.9. The molecular weight excluding hydrogens is 378 g/mol. The van der Waals surface area contributed by atoms with Gasteiger partial charge in [0.25, 0.3) is 11.8 Å². The smallest absolute Gasteiger partial charge is 0.255 e. The Bertz CT molecular complexity index is 883. The van der Waals surface area contributed by atoms with Crippen LogP contribution in [-0.4, -0.2) is 66.0 Å². The Kier molecular flexibility index (Phi) is 6.43. The largest absolute Gasteiger partial charge is 0.378 e. The summed E-state index contributed by atoms with van der Waals surface area (Å²) in [5.41, 5.74) is 3.68.